The molecule has 4 aromatic rings. The van der Waals surface area contributed by atoms with Crippen LogP contribution in [0.5, 0.6) is 0 Å². The van der Waals surface area contributed by atoms with Gasteiger partial charge in [-0.25, -0.2) is 8.78 Å². The second kappa shape index (κ2) is 12.0. The lowest BCUT2D eigenvalue weighted by atomic mass is 9.98. The van der Waals surface area contributed by atoms with Crippen LogP contribution in [0, 0.1) is 11.6 Å². The Morgan fingerprint density at radius 1 is 0.897 bits per heavy atom. The van der Waals surface area contributed by atoms with Gasteiger partial charge in [0.1, 0.15) is 5.01 Å². The first-order valence-electron chi connectivity index (χ1n) is 12.3. The average molecular weight is 551 g/mol. The molecule has 1 saturated heterocycles. The highest BCUT2D eigenvalue weighted by Crippen LogP contribution is 2.33. The number of piperidine rings is 1. The number of amides is 2. The lowest BCUT2D eigenvalue weighted by molar-refractivity contribution is -0.116. The molecule has 0 spiro atoms. The Morgan fingerprint density at radius 2 is 1.72 bits per heavy atom. The highest BCUT2D eigenvalue weighted by Gasteiger charge is 2.25. The fourth-order valence-corrected chi connectivity index (χ4v) is 5.17. The Morgan fingerprint density at radius 3 is 2.46 bits per heavy atom. The zero-order chi connectivity index (χ0) is 27.2. The van der Waals surface area contributed by atoms with E-state index in [4.69, 9.17) is 0 Å². The van der Waals surface area contributed by atoms with Crippen molar-refractivity contribution in [3.05, 3.63) is 82.6 Å². The van der Waals surface area contributed by atoms with Crippen LogP contribution in [0.3, 0.4) is 0 Å². The molecule has 5 rings (SSSR count). The van der Waals surface area contributed by atoms with Gasteiger partial charge in [0.25, 0.3) is 0 Å². The predicted molar refractivity (Wildman–Crippen MR) is 141 cm³/mol. The number of rotatable bonds is 8. The number of pyridine rings is 1. The molecule has 0 aliphatic carbocycles. The summed E-state index contributed by atoms with van der Waals surface area (Å²) in [5.74, 6) is -1.47. The van der Waals surface area contributed by atoms with Gasteiger partial charge >= 0.3 is 0 Å². The first-order chi connectivity index (χ1) is 18.9. The maximum absolute atomic E-state index is 13.8. The summed E-state index contributed by atoms with van der Waals surface area (Å²) in [7, 11) is 0. The SMILES string of the molecule is O=C(Cc1ccccn1)Nc1ccc(N2CCC(c3nnc(NC(=O)Cc4cccc(F)c4F)s3)CC2)nn1. The van der Waals surface area contributed by atoms with Gasteiger partial charge in [-0.2, -0.15) is 0 Å². The van der Waals surface area contributed by atoms with Gasteiger partial charge in [0.15, 0.2) is 23.3 Å². The Kier molecular flexibility index (Phi) is 8.06. The molecule has 1 fully saturated rings. The Labute approximate surface area is 226 Å². The fraction of sp³-hybridized carbons (Fsp3) is 0.269. The van der Waals surface area contributed by atoms with Crippen molar-refractivity contribution in [3.8, 4) is 0 Å². The largest absolute Gasteiger partial charge is 0.355 e. The molecule has 0 saturated carbocycles. The molecule has 13 heteroatoms. The minimum absolute atomic E-state index is 0.0207. The van der Waals surface area contributed by atoms with Crippen LogP contribution in [-0.4, -0.2) is 50.3 Å². The van der Waals surface area contributed by atoms with Crippen LogP contribution >= 0.6 is 11.3 Å². The Bertz CT molecular complexity index is 1440. The van der Waals surface area contributed by atoms with E-state index in [1.807, 2.05) is 12.1 Å². The Hall–Kier alpha value is -4.39. The van der Waals surface area contributed by atoms with Gasteiger partial charge in [-0.1, -0.05) is 29.5 Å². The number of aromatic nitrogens is 5. The maximum atomic E-state index is 13.8. The van der Waals surface area contributed by atoms with E-state index in [0.717, 1.165) is 37.0 Å². The van der Waals surface area contributed by atoms with Crippen molar-refractivity contribution in [2.45, 2.75) is 31.6 Å². The van der Waals surface area contributed by atoms with Crippen LogP contribution in [0.4, 0.5) is 25.5 Å². The summed E-state index contributed by atoms with van der Waals surface area (Å²) in [6.07, 6.45) is 3.11. The number of nitrogens with zero attached hydrogens (tertiary/aromatic N) is 6. The van der Waals surface area contributed by atoms with E-state index in [1.54, 1.807) is 24.4 Å². The van der Waals surface area contributed by atoms with E-state index < -0.39 is 17.5 Å². The van der Waals surface area contributed by atoms with Crippen LogP contribution in [0.1, 0.15) is 35.0 Å². The van der Waals surface area contributed by atoms with E-state index >= 15 is 0 Å². The standard InChI is InChI=1S/C26H24F2N8O2S/c27-19-6-3-4-17(24(19)28)14-22(37)31-26-35-34-25(39-26)16-9-12-36(13-10-16)21-8-7-20(32-33-21)30-23(38)15-18-5-1-2-11-29-18/h1-8,11,16H,9-10,12-15H2,(H,30,32,38)(H,31,35,37). The molecule has 0 bridgehead atoms. The lowest BCUT2D eigenvalue weighted by Gasteiger charge is -2.31. The number of carbonyl (C=O) groups excluding carboxylic acids is 2. The summed E-state index contributed by atoms with van der Waals surface area (Å²) >= 11 is 1.28. The second-order valence-corrected chi connectivity index (χ2v) is 9.98. The molecule has 2 N–H and O–H groups in total. The maximum Gasteiger partial charge on any atom is 0.231 e. The first kappa shape index (κ1) is 26.2. The third-order valence-electron chi connectivity index (χ3n) is 6.22. The monoisotopic (exact) mass is 550 g/mol. The highest BCUT2D eigenvalue weighted by atomic mass is 32.1. The van der Waals surface area contributed by atoms with Crippen molar-refractivity contribution in [1.29, 1.82) is 0 Å². The summed E-state index contributed by atoms with van der Waals surface area (Å²) in [5.41, 5.74) is 0.652. The van der Waals surface area contributed by atoms with Gasteiger partial charge in [0.2, 0.25) is 16.9 Å². The topological polar surface area (TPSA) is 126 Å². The van der Waals surface area contributed by atoms with Gasteiger partial charge in [-0.3, -0.25) is 14.6 Å². The number of hydrogen-bond donors (Lipinski definition) is 2. The molecule has 0 radical (unpaired) electrons. The molecule has 39 heavy (non-hydrogen) atoms. The van der Waals surface area contributed by atoms with Crippen molar-refractivity contribution in [1.82, 2.24) is 25.4 Å². The fourth-order valence-electron chi connectivity index (χ4n) is 4.24. The zero-order valence-electron chi connectivity index (χ0n) is 20.7. The van der Waals surface area contributed by atoms with Crippen molar-refractivity contribution < 1.29 is 18.4 Å². The highest BCUT2D eigenvalue weighted by molar-refractivity contribution is 7.15. The number of halogens is 2. The van der Waals surface area contributed by atoms with Crippen molar-refractivity contribution >= 4 is 39.9 Å². The van der Waals surface area contributed by atoms with Gasteiger partial charge in [-0.15, -0.1) is 20.4 Å². The van der Waals surface area contributed by atoms with Crippen LogP contribution in [0.15, 0.2) is 54.7 Å². The van der Waals surface area contributed by atoms with E-state index in [1.165, 1.54) is 23.5 Å². The van der Waals surface area contributed by atoms with Crippen LogP contribution in [-0.2, 0) is 22.4 Å². The quantitative estimate of drug-likeness (QED) is 0.340. The third kappa shape index (κ3) is 6.74. The number of hydrogen-bond acceptors (Lipinski definition) is 9. The van der Waals surface area contributed by atoms with Crippen LogP contribution < -0.4 is 15.5 Å². The molecule has 10 nitrogen and oxygen atoms in total. The van der Waals surface area contributed by atoms with Gasteiger partial charge in [0, 0.05) is 36.5 Å². The van der Waals surface area contributed by atoms with Gasteiger partial charge in [-0.05, 0) is 43.2 Å². The minimum Gasteiger partial charge on any atom is -0.355 e. The first-order valence-corrected chi connectivity index (χ1v) is 13.1. The molecule has 1 aliphatic rings. The van der Waals surface area contributed by atoms with Crippen molar-refractivity contribution in [2.24, 2.45) is 0 Å². The van der Waals surface area contributed by atoms with E-state index in [2.05, 4.69) is 40.9 Å². The van der Waals surface area contributed by atoms with Gasteiger partial charge < -0.3 is 15.5 Å². The molecule has 4 heterocycles. The molecule has 0 unspecified atom stereocenters. The molecular weight excluding hydrogens is 526 g/mol. The summed E-state index contributed by atoms with van der Waals surface area (Å²) < 4.78 is 27.2. The Balaban J connectivity index is 1.10. The van der Waals surface area contributed by atoms with Crippen LogP contribution in [0.2, 0.25) is 0 Å². The van der Waals surface area contributed by atoms with E-state index in [0.29, 0.717) is 22.5 Å². The molecule has 1 aliphatic heterocycles. The summed E-state index contributed by atoms with van der Waals surface area (Å²) in [6, 6.07) is 12.7. The molecule has 1 aromatic carbocycles. The minimum atomic E-state index is -1.03. The van der Waals surface area contributed by atoms with Crippen molar-refractivity contribution in [2.75, 3.05) is 28.6 Å². The molecular formula is C26H24F2N8O2S. The summed E-state index contributed by atoms with van der Waals surface area (Å²) in [6.45, 7) is 1.45. The normalized spacial score (nSPS) is 13.7. The molecule has 0 atom stereocenters. The summed E-state index contributed by atoms with van der Waals surface area (Å²) in [4.78, 5) is 30.8. The van der Waals surface area contributed by atoms with Gasteiger partial charge in [0.05, 0.1) is 12.8 Å². The van der Waals surface area contributed by atoms with Crippen LogP contribution in [0.25, 0.3) is 0 Å². The number of benzene rings is 1. The van der Waals surface area contributed by atoms with E-state index in [9.17, 15) is 18.4 Å². The lowest BCUT2D eigenvalue weighted by Crippen LogP contribution is -2.33. The molecule has 200 valence electrons. The molecule has 3 aromatic heterocycles. The number of nitrogens with one attached hydrogen (secondary N) is 2. The van der Waals surface area contributed by atoms with Crippen molar-refractivity contribution in [3.63, 3.8) is 0 Å². The second-order valence-electron chi connectivity index (χ2n) is 8.97. The zero-order valence-corrected chi connectivity index (χ0v) is 21.5. The summed E-state index contributed by atoms with van der Waals surface area (Å²) in [5, 5.41) is 23.1. The average Bonchev–Trinajstić information content (AvgIpc) is 3.40. The molecule has 2 amide bonds. The van der Waals surface area contributed by atoms with E-state index in [-0.39, 0.29) is 30.2 Å². The predicted octanol–water partition coefficient (Wildman–Crippen LogP) is 3.75. The number of anilines is 3. The number of carbonyl (C=O) groups is 2. The smallest absolute Gasteiger partial charge is 0.231 e. The third-order valence-corrected chi connectivity index (χ3v) is 7.22.